The number of halogens is 2. The summed E-state index contributed by atoms with van der Waals surface area (Å²) in [7, 11) is 0. The summed E-state index contributed by atoms with van der Waals surface area (Å²) in [4.78, 5) is 14.9. The first-order chi connectivity index (χ1) is 7.00. The van der Waals surface area contributed by atoms with Crippen molar-refractivity contribution in [3.8, 4) is 0 Å². The van der Waals surface area contributed by atoms with Gasteiger partial charge in [0.05, 0.1) is 15.5 Å². The Morgan fingerprint density at radius 2 is 2.27 bits per heavy atom. The molecule has 2 aromatic rings. The Labute approximate surface area is 92.5 Å². The molecule has 1 aromatic heterocycles. The van der Waals surface area contributed by atoms with E-state index in [9.17, 15) is 9.18 Å². The number of imidazole rings is 1. The number of aromatic nitrogens is 2. The zero-order valence-corrected chi connectivity index (χ0v) is 9.25. The first-order valence-corrected chi connectivity index (χ1v) is 4.87. The monoisotopic (exact) mass is 272 g/mol. The van der Waals surface area contributed by atoms with Gasteiger partial charge in [-0.15, -0.1) is 0 Å². The Morgan fingerprint density at radius 1 is 1.60 bits per heavy atom. The Kier molecular flexibility index (Phi) is 2.22. The number of carboxylic acid groups (broad SMARTS) is 1. The smallest absolute Gasteiger partial charge is 0.417 e. The van der Waals surface area contributed by atoms with Crippen LogP contribution in [0.15, 0.2) is 16.6 Å². The summed E-state index contributed by atoms with van der Waals surface area (Å²) < 4.78 is 14.4. The van der Waals surface area contributed by atoms with E-state index in [0.29, 0.717) is 11.3 Å². The molecule has 0 aliphatic rings. The van der Waals surface area contributed by atoms with Crippen molar-refractivity contribution in [3.63, 3.8) is 0 Å². The van der Waals surface area contributed by atoms with Gasteiger partial charge in [0.25, 0.3) is 0 Å². The van der Waals surface area contributed by atoms with Crippen molar-refractivity contribution in [3.05, 3.63) is 28.2 Å². The standard InChI is InChI=1S/C9H6BrFN2O2/c1-4-12-7-2-5(10)6(11)3-8(7)13(4)9(14)15/h2-3H,1H3,(H,14,15). The Balaban J connectivity index is 2.87. The molecule has 0 aliphatic heterocycles. The lowest BCUT2D eigenvalue weighted by atomic mass is 10.3. The maximum atomic E-state index is 13.2. The van der Waals surface area contributed by atoms with E-state index in [1.54, 1.807) is 6.92 Å². The van der Waals surface area contributed by atoms with Gasteiger partial charge in [0, 0.05) is 6.07 Å². The largest absolute Gasteiger partial charge is 0.464 e. The molecule has 0 spiro atoms. The lowest BCUT2D eigenvalue weighted by Gasteiger charge is -1.99. The van der Waals surface area contributed by atoms with Crippen LogP contribution in [-0.2, 0) is 0 Å². The second-order valence-electron chi connectivity index (χ2n) is 3.03. The van der Waals surface area contributed by atoms with Crippen LogP contribution in [0, 0.1) is 12.7 Å². The third-order valence-electron chi connectivity index (χ3n) is 2.06. The van der Waals surface area contributed by atoms with Crippen LogP contribution >= 0.6 is 15.9 Å². The molecule has 1 heterocycles. The SMILES string of the molecule is Cc1nc2cc(Br)c(F)cc2n1C(=O)O. The second kappa shape index (κ2) is 3.30. The minimum absolute atomic E-state index is 0.251. The molecule has 0 atom stereocenters. The fourth-order valence-electron chi connectivity index (χ4n) is 1.43. The first-order valence-electron chi connectivity index (χ1n) is 4.08. The average molecular weight is 273 g/mol. The van der Waals surface area contributed by atoms with Crippen molar-refractivity contribution in [1.29, 1.82) is 0 Å². The lowest BCUT2D eigenvalue weighted by molar-refractivity contribution is 0.197. The van der Waals surface area contributed by atoms with Crippen LogP contribution in [0.4, 0.5) is 9.18 Å². The van der Waals surface area contributed by atoms with Gasteiger partial charge in [-0.05, 0) is 28.9 Å². The predicted molar refractivity (Wildman–Crippen MR) is 55.6 cm³/mol. The second-order valence-corrected chi connectivity index (χ2v) is 3.89. The Hall–Kier alpha value is -1.43. The fourth-order valence-corrected chi connectivity index (χ4v) is 1.77. The van der Waals surface area contributed by atoms with Crippen LogP contribution < -0.4 is 0 Å². The van der Waals surface area contributed by atoms with Crippen molar-refractivity contribution in [2.75, 3.05) is 0 Å². The van der Waals surface area contributed by atoms with E-state index in [-0.39, 0.29) is 9.99 Å². The normalized spacial score (nSPS) is 10.9. The van der Waals surface area contributed by atoms with Gasteiger partial charge in [-0.1, -0.05) is 0 Å². The number of hydrogen-bond donors (Lipinski definition) is 1. The van der Waals surface area contributed by atoms with Crippen molar-refractivity contribution in [2.24, 2.45) is 0 Å². The molecule has 4 nitrogen and oxygen atoms in total. The van der Waals surface area contributed by atoms with Crippen molar-refractivity contribution in [1.82, 2.24) is 9.55 Å². The molecule has 2 rings (SSSR count). The number of aryl methyl sites for hydroxylation is 1. The van der Waals surface area contributed by atoms with Crippen LogP contribution in [0.3, 0.4) is 0 Å². The van der Waals surface area contributed by atoms with E-state index in [4.69, 9.17) is 5.11 Å². The number of rotatable bonds is 0. The van der Waals surface area contributed by atoms with E-state index in [2.05, 4.69) is 20.9 Å². The zero-order valence-electron chi connectivity index (χ0n) is 7.66. The molecule has 1 N–H and O–H groups in total. The van der Waals surface area contributed by atoms with Crippen LogP contribution in [0.25, 0.3) is 11.0 Å². The highest BCUT2D eigenvalue weighted by Gasteiger charge is 2.14. The third kappa shape index (κ3) is 1.50. The molecule has 0 fully saturated rings. The van der Waals surface area contributed by atoms with Gasteiger partial charge in [-0.25, -0.2) is 18.7 Å². The third-order valence-corrected chi connectivity index (χ3v) is 2.66. The van der Waals surface area contributed by atoms with E-state index in [0.717, 1.165) is 10.6 Å². The quantitative estimate of drug-likeness (QED) is 0.802. The minimum atomic E-state index is -1.17. The van der Waals surface area contributed by atoms with Crippen molar-refractivity contribution < 1.29 is 14.3 Å². The van der Waals surface area contributed by atoms with Gasteiger partial charge in [-0.3, -0.25) is 0 Å². The molecule has 1 aromatic carbocycles. The summed E-state index contributed by atoms with van der Waals surface area (Å²) in [6.07, 6.45) is -1.17. The first kappa shape index (κ1) is 10.1. The van der Waals surface area contributed by atoms with Crippen molar-refractivity contribution >= 4 is 33.1 Å². The lowest BCUT2D eigenvalue weighted by Crippen LogP contribution is -2.09. The van der Waals surface area contributed by atoms with E-state index >= 15 is 0 Å². The molecule has 0 saturated carbocycles. The number of hydrogen-bond acceptors (Lipinski definition) is 2. The molecule has 6 heteroatoms. The number of benzene rings is 1. The highest BCUT2D eigenvalue weighted by molar-refractivity contribution is 9.10. The van der Waals surface area contributed by atoms with Gasteiger partial charge in [0.2, 0.25) is 0 Å². The minimum Gasteiger partial charge on any atom is -0.464 e. The number of carbonyl (C=O) groups is 1. The summed E-state index contributed by atoms with van der Waals surface area (Å²) in [5.41, 5.74) is 0.698. The average Bonchev–Trinajstić information content (AvgIpc) is 2.41. The van der Waals surface area contributed by atoms with E-state index < -0.39 is 11.9 Å². The molecular formula is C9H6BrFN2O2. The van der Waals surface area contributed by atoms with Gasteiger partial charge in [0.15, 0.2) is 0 Å². The number of nitrogens with zero attached hydrogens (tertiary/aromatic N) is 2. The summed E-state index contributed by atoms with van der Waals surface area (Å²) in [6, 6.07) is 2.60. The molecule has 15 heavy (non-hydrogen) atoms. The molecule has 0 bridgehead atoms. The summed E-state index contributed by atoms with van der Waals surface area (Å²) >= 11 is 3.02. The Bertz CT molecular complexity index is 565. The molecule has 0 saturated heterocycles. The van der Waals surface area contributed by atoms with Crippen LogP contribution in [0.5, 0.6) is 0 Å². The molecule has 0 unspecified atom stereocenters. The van der Waals surface area contributed by atoms with E-state index in [1.165, 1.54) is 6.07 Å². The fraction of sp³-hybridized carbons (Fsp3) is 0.111. The van der Waals surface area contributed by atoms with Gasteiger partial charge < -0.3 is 5.11 Å². The van der Waals surface area contributed by atoms with Crippen LogP contribution in [0.1, 0.15) is 5.82 Å². The number of fused-ring (bicyclic) bond motifs is 1. The van der Waals surface area contributed by atoms with Gasteiger partial charge >= 0.3 is 6.09 Å². The molecule has 0 aliphatic carbocycles. The van der Waals surface area contributed by atoms with Gasteiger partial charge in [0.1, 0.15) is 11.6 Å². The van der Waals surface area contributed by atoms with Crippen molar-refractivity contribution in [2.45, 2.75) is 6.92 Å². The topological polar surface area (TPSA) is 55.1 Å². The molecule has 0 radical (unpaired) electrons. The summed E-state index contributed by atoms with van der Waals surface area (Å²) in [5.74, 6) is -0.195. The highest BCUT2D eigenvalue weighted by Crippen LogP contribution is 2.23. The van der Waals surface area contributed by atoms with E-state index in [1.807, 2.05) is 0 Å². The summed E-state index contributed by atoms with van der Waals surface area (Å²) in [6.45, 7) is 1.56. The zero-order chi connectivity index (χ0) is 11.2. The van der Waals surface area contributed by atoms with Crippen LogP contribution in [0.2, 0.25) is 0 Å². The molecular weight excluding hydrogens is 267 g/mol. The van der Waals surface area contributed by atoms with Crippen LogP contribution in [-0.4, -0.2) is 20.8 Å². The maximum Gasteiger partial charge on any atom is 0.417 e. The Morgan fingerprint density at radius 3 is 2.87 bits per heavy atom. The maximum absolute atomic E-state index is 13.2. The predicted octanol–water partition coefficient (Wildman–Crippen LogP) is 2.77. The highest BCUT2D eigenvalue weighted by atomic mass is 79.9. The van der Waals surface area contributed by atoms with Gasteiger partial charge in [-0.2, -0.15) is 0 Å². The molecule has 0 amide bonds. The molecule has 78 valence electrons. The summed E-state index contributed by atoms with van der Waals surface area (Å²) in [5, 5.41) is 8.90.